The van der Waals surface area contributed by atoms with E-state index in [4.69, 9.17) is 4.74 Å². The monoisotopic (exact) mass is 239 g/mol. The Balaban J connectivity index is 1.90. The number of hydrogen-bond acceptors (Lipinski definition) is 3. The van der Waals surface area contributed by atoms with E-state index in [1.54, 1.807) is 0 Å². The number of ketones is 1. The second-order valence-electron chi connectivity index (χ2n) is 6.02. The topological polar surface area (TPSA) is 29.5 Å². The minimum Gasteiger partial charge on any atom is -0.381 e. The molecule has 4 unspecified atom stereocenters. The van der Waals surface area contributed by atoms with Crippen LogP contribution in [0.4, 0.5) is 0 Å². The van der Waals surface area contributed by atoms with Gasteiger partial charge in [-0.2, -0.15) is 0 Å². The van der Waals surface area contributed by atoms with E-state index in [2.05, 4.69) is 25.7 Å². The van der Waals surface area contributed by atoms with Crippen molar-refractivity contribution < 1.29 is 9.53 Å². The molecule has 2 fully saturated rings. The van der Waals surface area contributed by atoms with Crippen molar-refractivity contribution >= 4 is 5.78 Å². The molecule has 0 saturated carbocycles. The first-order valence-electron chi connectivity index (χ1n) is 6.92. The van der Waals surface area contributed by atoms with Gasteiger partial charge in [0.1, 0.15) is 0 Å². The summed E-state index contributed by atoms with van der Waals surface area (Å²) in [5, 5.41) is 0. The van der Waals surface area contributed by atoms with Crippen molar-refractivity contribution in [2.75, 3.05) is 26.3 Å². The van der Waals surface area contributed by atoms with Crippen molar-refractivity contribution in [1.29, 1.82) is 0 Å². The first-order valence-corrected chi connectivity index (χ1v) is 6.92. The maximum absolute atomic E-state index is 12.2. The third-order valence-corrected chi connectivity index (χ3v) is 4.46. The van der Waals surface area contributed by atoms with Crippen LogP contribution in [-0.4, -0.2) is 43.0 Å². The summed E-state index contributed by atoms with van der Waals surface area (Å²) in [6.07, 6.45) is 2.21. The maximum Gasteiger partial charge on any atom is 0.152 e. The Labute approximate surface area is 105 Å². The van der Waals surface area contributed by atoms with Gasteiger partial charge in [0.15, 0.2) is 5.78 Å². The second kappa shape index (κ2) is 5.49. The zero-order valence-corrected chi connectivity index (χ0v) is 11.3. The van der Waals surface area contributed by atoms with Gasteiger partial charge < -0.3 is 4.74 Å². The Bertz CT molecular complexity index is 273. The van der Waals surface area contributed by atoms with Crippen molar-refractivity contribution in [3.63, 3.8) is 0 Å². The fourth-order valence-electron chi connectivity index (χ4n) is 3.16. The molecule has 2 saturated heterocycles. The van der Waals surface area contributed by atoms with Gasteiger partial charge in [-0.3, -0.25) is 9.69 Å². The lowest BCUT2D eigenvalue weighted by Gasteiger charge is -2.41. The summed E-state index contributed by atoms with van der Waals surface area (Å²) < 4.78 is 5.30. The Morgan fingerprint density at radius 2 is 2.12 bits per heavy atom. The number of nitrogens with zero attached hydrogens (tertiary/aromatic N) is 1. The molecule has 0 aromatic carbocycles. The lowest BCUT2D eigenvalue weighted by Crippen LogP contribution is -2.48. The van der Waals surface area contributed by atoms with Crippen LogP contribution in [0.3, 0.4) is 0 Å². The number of carbonyl (C=O) groups is 1. The largest absolute Gasteiger partial charge is 0.381 e. The summed E-state index contributed by atoms with van der Waals surface area (Å²) in [6, 6.07) is 0.539. The van der Waals surface area contributed by atoms with Crippen LogP contribution >= 0.6 is 0 Å². The summed E-state index contributed by atoms with van der Waals surface area (Å²) in [5.74, 6) is 1.96. The average molecular weight is 239 g/mol. The van der Waals surface area contributed by atoms with Gasteiger partial charge in [0.05, 0.1) is 13.2 Å². The first-order chi connectivity index (χ1) is 8.08. The molecule has 17 heavy (non-hydrogen) atoms. The highest BCUT2D eigenvalue weighted by molar-refractivity contribution is 5.83. The maximum atomic E-state index is 12.2. The molecule has 2 rings (SSSR count). The van der Waals surface area contributed by atoms with Crippen LogP contribution in [0.15, 0.2) is 0 Å². The Kier molecular flexibility index (Phi) is 4.21. The lowest BCUT2D eigenvalue weighted by atomic mass is 9.85. The molecule has 0 spiro atoms. The molecular weight excluding hydrogens is 214 g/mol. The fourth-order valence-corrected chi connectivity index (χ4v) is 3.16. The summed E-state index contributed by atoms with van der Waals surface area (Å²) in [7, 11) is 0. The molecule has 0 N–H and O–H groups in total. The van der Waals surface area contributed by atoms with Crippen molar-refractivity contribution in [2.45, 2.75) is 39.7 Å². The Hall–Kier alpha value is -0.410. The number of piperidine rings is 1. The van der Waals surface area contributed by atoms with Crippen molar-refractivity contribution in [2.24, 2.45) is 17.8 Å². The Morgan fingerprint density at radius 1 is 1.35 bits per heavy atom. The highest BCUT2D eigenvalue weighted by Crippen LogP contribution is 2.27. The van der Waals surface area contributed by atoms with Crippen molar-refractivity contribution in [1.82, 2.24) is 4.90 Å². The molecule has 0 aromatic rings. The van der Waals surface area contributed by atoms with Crippen molar-refractivity contribution in [3.8, 4) is 0 Å². The van der Waals surface area contributed by atoms with E-state index >= 15 is 0 Å². The van der Waals surface area contributed by atoms with E-state index < -0.39 is 0 Å². The van der Waals surface area contributed by atoms with Crippen LogP contribution in [0.25, 0.3) is 0 Å². The second-order valence-corrected chi connectivity index (χ2v) is 6.02. The zero-order chi connectivity index (χ0) is 12.4. The molecule has 0 aliphatic carbocycles. The van der Waals surface area contributed by atoms with Crippen molar-refractivity contribution in [3.05, 3.63) is 0 Å². The third-order valence-electron chi connectivity index (χ3n) is 4.46. The van der Waals surface area contributed by atoms with Crippen LogP contribution in [0.1, 0.15) is 33.6 Å². The quantitative estimate of drug-likeness (QED) is 0.754. The van der Waals surface area contributed by atoms with Gasteiger partial charge >= 0.3 is 0 Å². The normalized spacial score (nSPS) is 39.5. The zero-order valence-electron chi connectivity index (χ0n) is 11.3. The molecule has 2 heterocycles. The molecular formula is C14H25NO2. The summed E-state index contributed by atoms with van der Waals surface area (Å²) in [4.78, 5) is 14.5. The minimum atomic E-state index is 0.162. The van der Waals surface area contributed by atoms with E-state index in [9.17, 15) is 4.79 Å². The Morgan fingerprint density at radius 3 is 2.76 bits per heavy atom. The summed E-state index contributed by atoms with van der Waals surface area (Å²) in [5.41, 5.74) is 0. The van der Waals surface area contributed by atoms with Crippen LogP contribution in [-0.2, 0) is 9.53 Å². The predicted molar refractivity (Wildman–Crippen MR) is 67.9 cm³/mol. The highest BCUT2D eigenvalue weighted by Gasteiger charge is 2.32. The summed E-state index contributed by atoms with van der Waals surface area (Å²) in [6.45, 7) is 9.96. The number of hydrogen-bond donors (Lipinski definition) is 0. The van der Waals surface area contributed by atoms with E-state index in [0.29, 0.717) is 36.8 Å². The van der Waals surface area contributed by atoms with Gasteiger partial charge in [-0.25, -0.2) is 0 Å². The predicted octanol–water partition coefficient (Wildman–Crippen LogP) is 1.96. The van der Waals surface area contributed by atoms with Crippen LogP contribution in [0.2, 0.25) is 0 Å². The van der Waals surface area contributed by atoms with Gasteiger partial charge in [0, 0.05) is 25.1 Å². The first kappa shape index (κ1) is 13.0. The molecule has 98 valence electrons. The standard InChI is InChI=1S/C14H25NO2/c1-10-6-11(2)12(3)15(7-10)8-14(16)13-4-5-17-9-13/h10-13H,4-9H2,1-3H3. The molecule has 0 bridgehead atoms. The smallest absolute Gasteiger partial charge is 0.152 e. The molecule has 4 atom stereocenters. The van der Waals surface area contributed by atoms with E-state index in [-0.39, 0.29) is 5.92 Å². The number of carbonyl (C=O) groups excluding carboxylic acids is 1. The van der Waals surface area contributed by atoms with E-state index in [1.807, 2.05) is 0 Å². The van der Waals surface area contributed by atoms with Gasteiger partial charge in [-0.1, -0.05) is 13.8 Å². The SMILES string of the molecule is CC1CC(C)C(C)N(CC(=O)C2CCOC2)C1. The molecule has 0 radical (unpaired) electrons. The number of likely N-dealkylation sites (tertiary alicyclic amines) is 1. The van der Waals surface area contributed by atoms with Crippen LogP contribution in [0, 0.1) is 17.8 Å². The molecule has 3 nitrogen and oxygen atoms in total. The molecule has 3 heteroatoms. The molecule has 2 aliphatic rings. The average Bonchev–Trinajstić information content (AvgIpc) is 2.78. The number of rotatable bonds is 3. The van der Waals surface area contributed by atoms with Gasteiger partial charge in [-0.05, 0) is 31.6 Å². The van der Waals surface area contributed by atoms with Gasteiger partial charge in [-0.15, -0.1) is 0 Å². The number of ether oxygens (including phenoxy) is 1. The van der Waals surface area contributed by atoms with Crippen LogP contribution in [0.5, 0.6) is 0 Å². The van der Waals surface area contributed by atoms with Gasteiger partial charge in [0.2, 0.25) is 0 Å². The van der Waals surface area contributed by atoms with Crippen LogP contribution < -0.4 is 0 Å². The molecule has 0 amide bonds. The van der Waals surface area contributed by atoms with E-state index in [1.165, 1.54) is 6.42 Å². The van der Waals surface area contributed by atoms with Gasteiger partial charge in [0.25, 0.3) is 0 Å². The van der Waals surface area contributed by atoms with E-state index in [0.717, 1.165) is 19.6 Å². The summed E-state index contributed by atoms with van der Waals surface area (Å²) >= 11 is 0. The number of Topliss-reactive ketones (excluding diaryl/α,β-unsaturated/α-hetero) is 1. The third kappa shape index (κ3) is 3.08. The minimum absolute atomic E-state index is 0.162. The molecule has 2 aliphatic heterocycles. The highest BCUT2D eigenvalue weighted by atomic mass is 16.5. The molecule has 0 aromatic heterocycles. The lowest BCUT2D eigenvalue weighted by molar-refractivity contribution is -0.125. The fraction of sp³-hybridized carbons (Fsp3) is 0.929.